The Labute approximate surface area is 242 Å². The Morgan fingerprint density at radius 2 is 1.77 bits per heavy atom. The number of ether oxygens (including phenoxy) is 1. The van der Waals surface area contributed by atoms with Crippen molar-refractivity contribution in [3.05, 3.63) is 98.5 Å². The third-order valence-electron chi connectivity index (χ3n) is 6.07. The maximum absolute atomic E-state index is 13.4. The SMILES string of the molecule is CS(=O)(=O)c1cccc(C[C@H](NC(=O)c2c(Cl)cc3c(c2Cl)CCNC3)C(=O)OC(=O)c2ccccc2)c1.Cl. The number of benzene rings is 3. The molecule has 0 unspecified atom stereocenters. The summed E-state index contributed by atoms with van der Waals surface area (Å²) in [6, 6.07) is 14.2. The number of carbonyl (C=O) groups is 3. The van der Waals surface area contributed by atoms with E-state index in [2.05, 4.69) is 10.6 Å². The molecule has 3 aromatic rings. The summed E-state index contributed by atoms with van der Waals surface area (Å²) in [5, 5.41) is 6.10. The summed E-state index contributed by atoms with van der Waals surface area (Å²) in [5.74, 6) is -2.64. The van der Waals surface area contributed by atoms with Gasteiger partial charge in [-0.3, -0.25) is 4.79 Å². The van der Waals surface area contributed by atoms with Gasteiger partial charge in [0.15, 0.2) is 9.84 Å². The zero-order chi connectivity index (χ0) is 27.4. The van der Waals surface area contributed by atoms with Crippen molar-refractivity contribution in [1.29, 1.82) is 0 Å². The molecular formula is C27H25Cl3N2O6S. The van der Waals surface area contributed by atoms with Crippen LogP contribution in [0.15, 0.2) is 65.6 Å². The van der Waals surface area contributed by atoms with Crippen LogP contribution in [0.3, 0.4) is 0 Å². The number of fused-ring (bicyclic) bond motifs is 1. The topological polar surface area (TPSA) is 119 Å². The van der Waals surface area contributed by atoms with Gasteiger partial charge in [0.05, 0.1) is 26.1 Å². The van der Waals surface area contributed by atoms with Gasteiger partial charge in [-0.25, -0.2) is 18.0 Å². The van der Waals surface area contributed by atoms with E-state index in [1.54, 1.807) is 30.3 Å². The van der Waals surface area contributed by atoms with Gasteiger partial charge in [-0.1, -0.05) is 53.5 Å². The average molecular weight is 612 g/mol. The molecule has 0 bridgehead atoms. The van der Waals surface area contributed by atoms with Crippen molar-refractivity contribution < 1.29 is 27.5 Å². The van der Waals surface area contributed by atoms with Crippen LogP contribution in [0.4, 0.5) is 0 Å². The first-order valence-electron chi connectivity index (χ1n) is 11.7. The van der Waals surface area contributed by atoms with Crippen LogP contribution < -0.4 is 10.6 Å². The molecule has 206 valence electrons. The van der Waals surface area contributed by atoms with Crippen molar-refractivity contribution in [3.8, 4) is 0 Å². The monoisotopic (exact) mass is 610 g/mol. The van der Waals surface area contributed by atoms with Crippen LogP contribution in [0.5, 0.6) is 0 Å². The van der Waals surface area contributed by atoms with Crippen molar-refractivity contribution >= 4 is 63.3 Å². The Balaban J connectivity index is 0.00000420. The predicted octanol–water partition coefficient (Wildman–Crippen LogP) is 4.19. The fraction of sp³-hybridized carbons (Fsp3) is 0.222. The lowest BCUT2D eigenvalue weighted by Crippen LogP contribution is -2.44. The largest absolute Gasteiger partial charge is 0.388 e. The van der Waals surface area contributed by atoms with E-state index in [0.29, 0.717) is 25.1 Å². The van der Waals surface area contributed by atoms with E-state index in [9.17, 15) is 22.8 Å². The molecule has 0 saturated heterocycles. The first-order valence-corrected chi connectivity index (χ1v) is 14.3. The summed E-state index contributed by atoms with van der Waals surface area (Å²) in [4.78, 5) is 39.1. The summed E-state index contributed by atoms with van der Waals surface area (Å²) in [6.45, 7) is 1.24. The summed E-state index contributed by atoms with van der Waals surface area (Å²) in [5.41, 5.74) is 2.26. The van der Waals surface area contributed by atoms with Gasteiger partial charge >= 0.3 is 11.9 Å². The van der Waals surface area contributed by atoms with Crippen molar-refractivity contribution in [2.45, 2.75) is 30.3 Å². The van der Waals surface area contributed by atoms with Gasteiger partial charge in [0, 0.05) is 19.2 Å². The number of sulfone groups is 1. The van der Waals surface area contributed by atoms with Gasteiger partial charge < -0.3 is 15.4 Å². The highest BCUT2D eigenvalue weighted by molar-refractivity contribution is 7.90. The fourth-order valence-electron chi connectivity index (χ4n) is 4.14. The molecule has 1 aliphatic heterocycles. The number of nitrogens with one attached hydrogen (secondary N) is 2. The number of amides is 1. The third-order valence-corrected chi connectivity index (χ3v) is 7.89. The normalized spacial score (nSPS) is 13.4. The minimum absolute atomic E-state index is 0. The second-order valence-electron chi connectivity index (χ2n) is 8.84. The van der Waals surface area contributed by atoms with Crippen LogP contribution in [-0.2, 0) is 38.8 Å². The highest BCUT2D eigenvalue weighted by atomic mass is 35.5. The zero-order valence-corrected chi connectivity index (χ0v) is 23.8. The molecule has 0 aliphatic carbocycles. The van der Waals surface area contributed by atoms with Crippen LogP contribution in [0.1, 0.15) is 37.4 Å². The second-order valence-corrected chi connectivity index (χ2v) is 11.6. The molecule has 1 aliphatic rings. The van der Waals surface area contributed by atoms with E-state index in [1.807, 2.05) is 0 Å². The first kappa shape index (κ1) is 30.6. The van der Waals surface area contributed by atoms with Crippen molar-refractivity contribution in [3.63, 3.8) is 0 Å². The van der Waals surface area contributed by atoms with E-state index >= 15 is 0 Å². The number of hydrogen-bond donors (Lipinski definition) is 2. The van der Waals surface area contributed by atoms with E-state index in [-0.39, 0.29) is 44.9 Å². The molecule has 3 aromatic carbocycles. The zero-order valence-electron chi connectivity index (χ0n) is 20.7. The fourth-order valence-corrected chi connectivity index (χ4v) is 5.59. The lowest BCUT2D eigenvalue weighted by molar-refractivity contribution is -0.140. The predicted molar refractivity (Wildman–Crippen MR) is 150 cm³/mol. The van der Waals surface area contributed by atoms with E-state index in [0.717, 1.165) is 17.4 Å². The maximum Gasteiger partial charge on any atom is 0.345 e. The molecule has 1 atom stereocenters. The van der Waals surface area contributed by atoms with Gasteiger partial charge in [-0.2, -0.15) is 0 Å². The number of rotatable bonds is 7. The van der Waals surface area contributed by atoms with Gasteiger partial charge in [0.25, 0.3) is 5.91 Å². The lowest BCUT2D eigenvalue weighted by Gasteiger charge is -2.22. The van der Waals surface area contributed by atoms with Crippen LogP contribution in [0, 0.1) is 0 Å². The second kappa shape index (κ2) is 12.9. The van der Waals surface area contributed by atoms with Crippen LogP contribution in [0.25, 0.3) is 0 Å². The molecular weight excluding hydrogens is 587 g/mol. The Hall–Kier alpha value is -2.95. The summed E-state index contributed by atoms with van der Waals surface area (Å²) in [6.07, 6.45) is 1.51. The Morgan fingerprint density at radius 3 is 2.46 bits per heavy atom. The van der Waals surface area contributed by atoms with Crippen LogP contribution in [0.2, 0.25) is 10.0 Å². The molecule has 2 N–H and O–H groups in total. The Bertz CT molecular complexity index is 1510. The molecule has 0 spiro atoms. The van der Waals surface area contributed by atoms with Crippen LogP contribution >= 0.6 is 35.6 Å². The minimum atomic E-state index is -3.52. The number of esters is 2. The Morgan fingerprint density at radius 1 is 1.05 bits per heavy atom. The Kier molecular flexibility index (Phi) is 10.1. The smallest absolute Gasteiger partial charge is 0.345 e. The molecule has 12 heteroatoms. The first-order chi connectivity index (χ1) is 18.0. The molecule has 0 saturated carbocycles. The average Bonchev–Trinajstić information content (AvgIpc) is 2.88. The molecule has 0 fully saturated rings. The molecule has 39 heavy (non-hydrogen) atoms. The lowest BCUT2D eigenvalue weighted by atomic mass is 9.97. The molecule has 1 heterocycles. The summed E-state index contributed by atoms with van der Waals surface area (Å²) < 4.78 is 29.1. The molecule has 0 radical (unpaired) electrons. The molecule has 0 aromatic heterocycles. The van der Waals surface area contributed by atoms with Gasteiger partial charge in [-0.05, 0) is 60.0 Å². The quantitative estimate of drug-likeness (QED) is 0.304. The minimum Gasteiger partial charge on any atom is -0.388 e. The number of carbonyl (C=O) groups excluding carboxylic acids is 3. The van der Waals surface area contributed by atoms with E-state index in [4.69, 9.17) is 27.9 Å². The van der Waals surface area contributed by atoms with E-state index < -0.39 is 33.7 Å². The third kappa shape index (κ3) is 7.38. The van der Waals surface area contributed by atoms with E-state index in [1.165, 1.54) is 30.3 Å². The van der Waals surface area contributed by atoms with Gasteiger partial charge in [0.2, 0.25) is 0 Å². The van der Waals surface area contributed by atoms with Gasteiger partial charge in [0.1, 0.15) is 6.04 Å². The standard InChI is InChI=1S/C27H24Cl2N2O6S.ClH/c1-38(35,36)19-9-5-6-16(12-19)13-22(27(34)37-26(33)17-7-3-2-4-8-17)31-25(32)23-21(28)14-18-15-30-11-10-20(18)24(23)29;/h2-9,12,14,22,30H,10-11,13,15H2,1H3,(H,31,32);1H/t22-;/m0./s1. The number of halogens is 3. The van der Waals surface area contributed by atoms with Crippen molar-refractivity contribution in [1.82, 2.24) is 10.6 Å². The molecule has 8 nitrogen and oxygen atoms in total. The van der Waals surface area contributed by atoms with Crippen molar-refractivity contribution in [2.24, 2.45) is 0 Å². The summed E-state index contributed by atoms with van der Waals surface area (Å²) >= 11 is 13.0. The highest BCUT2D eigenvalue weighted by Crippen LogP contribution is 2.33. The van der Waals surface area contributed by atoms with Crippen LogP contribution in [-0.4, -0.2) is 45.1 Å². The number of hydrogen-bond acceptors (Lipinski definition) is 7. The molecule has 1 amide bonds. The molecule has 4 rings (SSSR count). The summed E-state index contributed by atoms with van der Waals surface area (Å²) in [7, 11) is -3.52. The van der Waals surface area contributed by atoms with Gasteiger partial charge in [-0.15, -0.1) is 12.4 Å². The van der Waals surface area contributed by atoms with Crippen molar-refractivity contribution in [2.75, 3.05) is 12.8 Å². The highest BCUT2D eigenvalue weighted by Gasteiger charge is 2.29. The maximum atomic E-state index is 13.4.